The molecule has 0 heterocycles. The molecule has 0 atom stereocenters. The minimum Gasteiger partial charge on any atom is -0.399 e. The number of nitrogen functional groups attached to an aromatic ring is 1. The molecule has 0 saturated heterocycles. The van der Waals surface area contributed by atoms with Gasteiger partial charge in [0, 0.05) is 37.1 Å². The van der Waals surface area contributed by atoms with Crippen molar-refractivity contribution >= 4 is 17.3 Å². The summed E-state index contributed by atoms with van der Waals surface area (Å²) in [7, 11) is 3.85. The van der Waals surface area contributed by atoms with Crippen molar-refractivity contribution in [2.24, 2.45) is 0 Å². The number of rotatable bonds is 5. The maximum atomic E-state index is 12.0. The van der Waals surface area contributed by atoms with Gasteiger partial charge in [-0.1, -0.05) is 12.1 Å². The number of hydrogen-bond donors (Lipinski definition) is 1. The first-order valence-electron chi connectivity index (χ1n) is 6.58. The van der Waals surface area contributed by atoms with Gasteiger partial charge in [-0.25, -0.2) is 0 Å². The summed E-state index contributed by atoms with van der Waals surface area (Å²) in [5.74, 6) is -0.0326. The van der Waals surface area contributed by atoms with E-state index in [1.807, 2.05) is 24.3 Å². The zero-order valence-corrected chi connectivity index (χ0v) is 11.5. The molecule has 19 heavy (non-hydrogen) atoms. The van der Waals surface area contributed by atoms with E-state index in [-0.39, 0.29) is 5.91 Å². The van der Waals surface area contributed by atoms with Crippen LogP contribution in [0.4, 0.5) is 11.4 Å². The van der Waals surface area contributed by atoms with Gasteiger partial charge < -0.3 is 10.6 Å². The zero-order chi connectivity index (χ0) is 13.8. The average Bonchev–Trinajstić information content (AvgIpc) is 3.21. The van der Waals surface area contributed by atoms with E-state index in [0.29, 0.717) is 11.7 Å². The van der Waals surface area contributed by atoms with Gasteiger partial charge in [0.15, 0.2) is 0 Å². The third kappa shape index (κ3) is 3.83. The Morgan fingerprint density at radius 2 is 2.16 bits per heavy atom. The van der Waals surface area contributed by atoms with Gasteiger partial charge in [-0.15, -0.1) is 0 Å². The van der Waals surface area contributed by atoms with Crippen molar-refractivity contribution in [2.45, 2.75) is 18.9 Å². The second-order valence-electron chi connectivity index (χ2n) is 5.07. The van der Waals surface area contributed by atoms with Gasteiger partial charge in [0.05, 0.1) is 0 Å². The molecular formula is C15H21N3O. The molecule has 1 aromatic rings. The van der Waals surface area contributed by atoms with E-state index in [0.717, 1.165) is 12.2 Å². The van der Waals surface area contributed by atoms with Gasteiger partial charge in [0.2, 0.25) is 5.91 Å². The fourth-order valence-corrected chi connectivity index (χ4v) is 1.96. The Hall–Kier alpha value is -1.81. The number of hydrogen-bond acceptors (Lipinski definition) is 3. The van der Waals surface area contributed by atoms with Crippen LogP contribution in [0.25, 0.3) is 0 Å². The lowest BCUT2D eigenvalue weighted by Crippen LogP contribution is -2.25. The molecule has 2 rings (SSSR count). The minimum atomic E-state index is -0.0326. The summed E-state index contributed by atoms with van der Waals surface area (Å²) in [4.78, 5) is 15.9. The van der Waals surface area contributed by atoms with Crippen LogP contribution >= 0.6 is 0 Å². The summed E-state index contributed by atoms with van der Waals surface area (Å²) in [5.41, 5.74) is 7.19. The zero-order valence-electron chi connectivity index (χ0n) is 11.5. The average molecular weight is 259 g/mol. The Morgan fingerprint density at radius 1 is 1.42 bits per heavy atom. The minimum absolute atomic E-state index is 0.0326. The van der Waals surface area contributed by atoms with Crippen LogP contribution in [0.2, 0.25) is 0 Å². The monoisotopic (exact) mass is 259 g/mol. The number of likely N-dealkylation sites (N-methyl/N-ethyl adjacent to an activating group) is 2. The molecule has 1 fully saturated rings. The molecule has 4 nitrogen and oxygen atoms in total. The highest BCUT2D eigenvalue weighted by atomic mass is 16.2. The Kier molecular flexibility index (Phi) is 4.22. The highest BCUT2D eigenvalue weighted by Gasteiger charge is 2.24. The number of benzene rings is 1. The molecule has 1 aromatic carbocycles. The molecule has 0 aliphatic heterocycles. The van der Waals surface area contributed by atoms with Crippen LogP contribution in [-0.4, -0.2) is 37.5 Å². The summed E-state index contributed by atoms with van der Waals surface area (Å²) < 4.78 is 0. The molecule has 0 aromatic heterocycles. The number of nitrogens with two attached hydrogens (primary N) is 1. The summed E-state index contributed by atoms with van der Waals surface area (Å²) in [6.07, 6.45) is 6.11. The molecule has 0 radical (unpaired) electrons. The molecule has 1 amide bonds. The normalized spacial score (nSPS) is 15.1. The Labute approximate surface area is 114 Å². The van der Waals surface area contributed by atoms with Crippen molar-refractivity contribution in [2.75, 3.05) is 31.3 Å². The fraction of sp³-hybridized carbons (Fsp3) is 0.400. The topological polar surface area (TPSA) is 49.6 Å². The van der Waals surface area contributed by atoms with Gasteiger partial charge >= 0.3 is 0 Å². The molecule has 0 unspecified atom stereocenters. The first kappa shape index (κ1) is 13.6. The second kappa shape index (κ2) is 5.89. The maximum Gasteiger partial charge on any atom is 0.250 e. The lowest BCUT2D eigenvalue weighted by atomic mass is 10.2. The van der Waals surface area contributed by atoms with E-state index in [2.05, 4.69) is 11.9 Å². The van der Waals surface area contributed by atoms with Crippen LogP contribution in [0.1, 0.15) is 12.8 Å². The van der Waals surface area contributed by atoms with Crippen molar-refractivity contribution in [1.29, 1.82) is 0 Å². The molecular weight excluding hydrogens is 238 g/mol. The fourth-order valence-electron chi connectivity index (χ4n) is 1.96. The smallest absolute Gasteiger partial charge is 0.250 e. The Bertz CT molecular complexity index is 480. The molecule has 1 aliphatic carbocycles. The van der Waals surface area contributed by atoms with Crippen LogP contribution in [0.15, 0.2) is 36.4 Å². The molecule has 1 saturated carbocycles. The third-order valence-corrected chi connectivity index (χ3v) is 3.41. The second-order valence-corrected chi connectivity index (χ2v) is 5.07. The van der Waals surface area contributed by atoms with E-state index >= 15 is 0 Å². The van der Waals surface area contributed by atoms with Crippen LogP contribution in [0.3, 0.4) is 0 Å². The van der Waals surface area contributed by atoms with Gasteiger partial charge in [0.25, 0.3) is 0 Å². The van der Waals surface area contributed by atoms with E-state index < -0.39 is 0 Å². The summed E-state index contributed by atoms with van der Waals surface area (Å²) >= 11 is 0. The molecule has 4 heteroatoms. The first-order chi connectivity index (χ1) is 9.08. The van der Waals surface area contributed by atoms with E-state index in [1.165, 1.54) is 12.8 Å². The number of anilines is 2. The van der Waals surface area contributed by atoms with E-state index in [1.54, 1.807) is 24.1 Å². The van der Waals surface area contributed by atoms with Crippen LogP contribution in [0.5, 0.6) is 0 Å². The highest BCUT2D eigenvalue weighted by Crippen LogP contribution is 2.24. The Morgan fingerprint density at radius 3 is 2.79 bits per heavy atom. The Balaban J connectivity index is 1.89. The molecule has 0 bridgehead atoms. The van der Waals surface area contributed by atoms with Crippen molar-refractivity contribution in [3.8, 4) is 0 Å². The van der Waals surface area contributed by atoms with Crippen molar-refractivity contribution in [3.63, 3.8) is 0 Å². The lowest BCUT2D eigenvalue weighted by molar-refractivity contribution is -0.113. The lowest BCUT2D eigenvalue weighted by Gasteiger charge is -2.16. The van der Waals surface area contributed by atoms with Crippen LogP contribution in [0, 0.1) is 0 Å². The maximum absolute atomic E-state index is 12.0. The quantitative estimate of drug-likeness (QED) is 0.649. The van der Waals surface area contributed by atoms with Crippen LogP contribution < -0.4 is 10.6 Å². The van der Waals surface area contributed by atoms with E-state index in [4.69, 9.17) is 5.73 Å². The highest BCUT2D eigenvalue weighted by molar-refractivity contribution is 6.01. The van der Waals surface area contributed by atoms with Gasteiger partial charge in [0.1, 0.15) is 0 Å². The molecule has 0 spiro atoms. The van der Waals surface area contributed by atoms with Crippen molar-refractivity contribution in [1.82, 2.24) is 4.90 Å². The predicted molar refractivity (Wildman–Crippen MR) is 79.1 cm³/mol. The predicted octanol–water partition coefficient (Wildman–Crippen LogP) is 1.88. The molecule has 102 valence electrons. The number of nitrogens with zero attached hydrogens (tertiary/aromatic N) is 2. The first-order valence-corrected chi connectivity index (χ1v) is 6.58. The van der Waals surface area contributed by atoms with Crippen molar-refractivity contribution < 1.29 is 4.79 Å². The molecule has 1 aliphatic rings. The SMILES string of the molecule is CN(C(=O)C=CCN(C)C1CC1)c1cccc(N)c1. The summed E-state index contributed by atoms with van der Waals surface area (Å²) in [6.45, 7) is 0.821. The van der Waals surface area contributed by atoms with Gasteiger partial charge in [-0.05, 0) is 38.1 Å². The van der Waals surface area contributed by atoms with Gasteiger partial charge in [-0.2, -0.15) is 0 Å². The third-order valence-electron chi connectivity index (χ3n) is 3.41. The van der Waals surface area contributed by atoms with Crippen molar-refractivity contribution in [3.05, 3.63) is 36.4 Å². The van der Waals surface area contributed by atoms with E-state index in [9.17, 15) is 4.79 Å². The number of amides is 1. The summed E-state index contributed by atoms with van der Waals surface area (Å²) in [6, 6.07) is 8.04. The van der Waals surface area contributed by atoms with Crippen LogP contribution in [-0.2, 0) is 4.79 Å². The number of carbonyl (C=O) groups is 1. The van der Waals surface area contributed by atoms with Gasteiger partial charge in [-0.3, -0.25) is 9.69 Å². The largest absolute Gasteiger partial charge is 0.399 e. The number of carbonyl (C=O) groups excluding carboxylic acids is 1. The summed E-state index contributed by atoms with van der Waals surface area (Å²) in [5, 5.41) is 0. The standard InChI is InChI=1S/C15H21N3O/c1-17(13-8-9-13)10-4-7-15(19)18(2)14-6-3-5-12(16)11-14/h3-7,11,13H,8-10,16H2,1-2H3. The molecule has 2 N–H and O–H groups in total.